The molecule has 1 aromatic carbocycles. The van der Waals surface area contributed by atoms with E-state index >= 15 is 0 Å². The predicted octanol–water partition coefficient (Wildman–Crippen LogP) is 3.72. The van der Waals surface area contributed by atoms with Crippen LogP contribution < -0.4 is 0 Å². The largest absolute Gasteiger partial charge is 0.332 e. The quantitative estimate of drug-likeness (QED) is 0.649. The zero-order valence-electron chi connectivity index (χ0n) is 12.7. The fourth-order valence-electron chi connectivity index (χ4n) is 2.55. The highest BCUT2D eigenvalue weighted by Gasteiger charge is 2.27. The van der Waals surface area contributed by atoms with Crippen LogP contribution >= 0.6 is 11.3 Å². The maximum Gasteiger partial charge on any atom is 0.199 e. The van der Waals surface area contributed by atoms with Gasteiger partial charge in [-0.25, -0.2) is 4.98 Å². The lowest BCUT2D eigenvalue weighted by Crippen LogP contribution is -2.18. The van der Waals surface area contributed by atoms with Gasteiger partial charge >= 0.3 is 0 Å². The summed E-state index contributed by atoms with van der Waals surface area (Å²) in [5, 5.41) is 1.87. The molecule has 0 radical (unpaired) electrons. The van der Waals surface area contributed by atoms with E-state index in [-0.39, 0.29) is 18.0 Å². The van der Waals surface area contributed by atoms with Crippen molar-refractivity contribution in [1.82, 2.24) is 9.55 Å². The second-order valence-electron chi connectivity index (χ2n) is 5.29. The van der Waals surface area contributed by atoms with Crippen LogP contribution in [0.25, 0.3) is 0 Å². The number of benzene rings is 1. The Morgan fingerprint density at radius 3 is 2.57 bits per heavy atom. The number of hydrogen-bond acceptors (Lipinski definition) is 4. The van der Waals surface area contributed by atoms with Crippen molar-refractivity contribution >= 4 is 22.9 Å². The van der Waals surface area contributed by atoms with Gasteiger partial charge in [0.1, 0.15) is 0 Å². The summed E-state index contributed by atoms with van der Waals surface area (Å²) in [5.74, 6) is -0.256. The first-order chi connectivity index (χ1) is 11.2. The standard InChI is InChI=1S/C18H16N2O2S/c1-20-10-9-19-18(20)15(21)12-14(13-6-3-2-4-7-13)17(22)16-8-5-11-23-16/h2-11,14H,12H2,1H3. The molecule has 0 saturated carbocycles. The third-order valence-electron chi connectivity index (χ3n) is 3.74. The lowest BCUT2D eigenvalue weighted by Gasteiger charge is -2.15. The van der Waals surface area contributed by atoms with Crippen molar-refractivity contribution in [3.63, 3.8) is 0 Å². The van der Waals surface area contributed by atoms with Crippen molar-refractivity contribution in [2.24, 2.45) is 7.05 Å². The fraction of sp³-hybridized carbons (Fsp3) is 0.167. The second-order valence-corrected chi connectivity index (χ2v) is 6.24. The van der Waals surface area contributed by atoms with Crippen molar-refractivity contribution in [3.8, 4) is 0 Å². The highest BCUT2D eigenvalue weighted by molar-refractivity contribution is 7.12. The van der Waals surface area contributed by atoms with E-state index in [4.69, 9.17) is 0 Å². The van der Waals surface area contributed by atoms with Gasteiger partial charge in [-0.3, -0.25) is 9.59 Å². The molecule has 0 aliphatic heterocycles. The monoisotopic (exact) mass is 324 g/mol. The molecule has 0 bridgehead atoms. The number of nitrogens with zero attached hydrogens (tertiary/aromatic N) is 2. The predicted molar refractivity (Wildman–Crippen MR) is 90.0 cm³/mol. The topological polar surface area (TPSA) is 52.0 Å². The Morgan fingerprint density at radius 2 is 1.96 bits per heavy atom. The Balaban J connectivity index is 1.91. The van der Waals surface area contributed by atoms with Crippen LogP contribution in [0.4, 0.5) is 0 Å². The molecule has 3 aromatic rings. The molecule has 116 valence electrons. The van der Waals surface area contributed by atoms with Gasteiger partial charge in [0.2, 0.25) is 0 Å². The van der Waals surface area contributed by atoms with Gasteiger partial charge in [0.05, 0.1) is 10.8 Å². The van der Waals surface area contributed by atoms with Gasteiger partial charge in [-0.2, -0.15) is 0 Å². The third-order valence-corrected chi connectivity index (χ3v) is 4.63. The molecule has 0 saturated heterocycles. The number of aromatic nitrogens is 2. The molecule has 0 fully saturated rings. The Morgan fingerprint density at radius 1 is 1.17 bits per heavy atom. The van der Waals surface area contributed by atoms with E-state index in [0.29, 0.717) is 10.7 Å². The Labute approximate surface area is 138 Å². The first-order valence-electron chi connectivity index (χ1n) is 7.30. The van der Waals surface area contributed by atoms with E-state index < -0.39 is 5.92 Å². The fourth-order valence-corrected chi connectivity index (χ4v) is 3.27. The minimum Gasteiger partial charge on any atom is -0.332 e. The van der Waals surface area contributed by atoms with Crippen LogP contribution in [0.2, 0.25) is 0 Å². The summed E-state index contributed by atoms with van der Waals surface area (Å²) in [6.45, 7) is 0. The van der Waals surface area contributed by atoms with Crippen molar-refractivity contribution < 1.29 is 9.59 Å². The smallest absolute Gasteiger partial charge is 0.199 e. The molecule has 0 amide bonds. The molecule has 0 aliphatic rings. The summed E-state index contributed by atoms with van der Waals surface area (Å²) in [4.78, 5) is 30.1. The summed E-state index contributed by atoms with van der Waals surface area (Å²) in [6.07, 6.45) is 3.43. The minimum atomic E-state index is -0.487. The number of rotatable bonds is 6. The summed E-state index contributed by atoms with van der Waals surface area (Å²) in [6, 6.07) is 13.1. The second kappa shape index (κ2) is 6.71. The average Bonchev–Trinajstić information content (AvgIpc) is 3.24. The molecular weight excluding hydrogens is 308 g/mol. The molecule has 1 atom stereocenters. The van der Waals surface area contributed by atoms with Crippen LogP contribution in [0.1, 0.15) is 38.2 Å². The number of hydrogen-bond donors (Lipinski definition) is 0. The van der Waals surface area contributed by atoms with Crippen LogP contribution in [-0.4, -0.2) is 21.1 Å². The Hall–Kier alpha value is -2.53. The number of ketones is 2. The molecule has 2 heterocycles. The van der Waals surface area contributed by atoms with Gasteiger partial charge in [0.15, 0.2) is 17.4 Å². The van der Waals surface area contributed by atoms with E-state index in [0.717, 1.165) is 5.56 Å². The van der Waals surface area contributed by atoms with Crippen molar-refractivity contribution in [2.45, 2.75) is 12.3 Å². The maximum absolute atomic E-state index is 12.8. The van der Waals surface area contributed by atoms with Crippen molar-refractivity contribution in [2.75, 3.05) is 0 Å². The minimum absolute atomic E-state index is 0.0197. The van der Waals surface area contributed by atoms with Crippen LogP contribution in [0.3, 0.4) is 0 Å². The first kappa shape index (κ1) is 15.4. The average molecular weight is 324 g/mol. The van der Waals surface area contributed by atoms with Crippen molar-refractivity contribution in [1.29, 1.82) is 0 Å². The zero-order valence-corrected chi connectivity index (χ0v) is 13.5. The van der Waals surface area contributed by atoms with Gasteiger partial charge in [0, 0.05) is 25.9 Å². The number of aryl methyl sites for hydroxylation is 1. The van der Waals surface area contributed by atoms with E-state index in [1.54, 1.807) is 30.1 Å². The van der Waals surface area contributed by atoms with E-state index in [1.807, 2.05) is 41.8 Å². The van der Waals surface area contributed by atoms with Gasteiger partial charge in [-0.15, -0.1) is 11.3 Å². The SMILES string of the molecule is Cn1ccnc1C(=O)CC(C(=O)c1cccs1)c1ccccc1. The molecule has 4 nitrogen and oxygen atoms in total. The first-order valence-corrected chi connectivity index (χ1v) is 8.18. The lowest BCUT2D eigenvalue weighted by molar-refractivity contribution is 0.0889. The third kappa shape index (κ3) is 3.29. The molecule has 23 heavy (non-hydrogen) atoms. The highest BCUT2D eigenvalue weighted by atomic mass is 32.1. The van der Waals surface area contributed by atoms with Gasteiger partial charge in [-0.05, 0) is 17.0 Å². The lowest BCUT2D eigenvalue weighted by atomic mass is 9.89. The molecule has 3 rings (SSSR count). The van der Waals surface area contributed by atoms with Crippen molar-refractivity contribution in [3.05, 3.63) is 76.5 Å². The normalized spacial score (nSPS) is 12.0. The number of Topliss-reactive ketones (excluding diaryl/α,β-unsaturated/α-hetero) is 2. The summed E-state index contributed by atoms with van der Waals surface area (Å²) < 4.78 is 1.68. The number of imidazole rings is 1. The molecule has 2 aromatic heterocycles. The van der Waals surface area contributed by atoms with Gasteiger partial charge in [-0.1, -0.05) is 36.4 Å². The number of carbonyl (C=O) groups excluding carboxylic acids is 2. The maximum atomic E-state index is 12.8. The molecule has 1 unspecified atom stereocenters. The summed E-state index contributed by atoms with van der Waals surface area (Å²) in [7, 11) is 1.78. The zero-order chi connectivity index (χ0) is 16.2. The van der Waals surface area contributed by atoms with E-state index in [1.165, 1.54) is 11.3 Å². The Bertz CT molecular complexity index is 807. The van der Waals surface area contributed by atoms with Crippen LogP contribution in [0, 0.1) is 0 Å². The Kier molecular flexibility index (Phi) is 4.48. The molecule has 5 heteroatoms. The van der Waals surface area contributed by atoms with Gasteiger partial charge in [0.25, 0.3) is 0 Å². The van der Waals surface area contributed by atoms with Crippen LogP contribution in [0.5, 0.6) is 0 Å². The van der Waals surface area contributed by atoms with E-state index in [9.17, 15) is 9.59 Å². The van der Waals surface area contributed by atoms with E-state index in [2.05, 4.69) is 4.98 Å². The number of carbonyl (C=O) groups is 2. The van der Waals surface area contributed by atoms with Crippen LogP contribution in [0.15, 0.2) is 60.2 Å². The number of thiophene rings is 1. The molecule has 0 spiro atoms. The molecule has 0 N–H and O–H groups in total. The molecule has 0 aliphatic carbocycles. The van der Waals surface area contributed by atoms with Gasteiger partial charge < -0.3 is 4.57 Å². The highest BCUT2D eigenvalue weighted by Crippen LogP contribution is 2.27. The van der Waals surface area contributed by atoms with Crippen LogP contribution in [-0.2, 0) is 7.05 Å². The summed E-state index contributed by atoms with van der Waals surface area (Å²) in [5.41, 5.74) is 0.855. The summed E-state index contributed by atoms with van der Waals surface area (Å²) >= 11 is 1.40. The molecular formula is C18H16N2O2S.